The van der Waals surface area contributed by atoms with Crippen LogP contribution in [0.15, 0.2) is 48.5 Å². The van der Waals surface area contributed by atoms with Crippen LogP contribution in [-0.4, -0.2) is 24.9 Å². The van der Waals surface area contributed by atoms with Crippen molar-refractivity contribution in [2.75, 3.05) is 19.0 Å². The van der Waals surface area contributed by atoms with Crippen LogP contribution in [0.25, 0.3) is 0 Å². The second-order valence-electron chi connectivity index (χ2n) is 4.46. The third-order valence-electron chi connectivity index (χ3n) is 3.06. The summed E-state index contributed by atoms with van der Waals surface area (Å²) in [5.41, 5.74) is 2.85. The van der Waals surface area contributed by atoms with E-state index in [1.54, 1.807) is 7.11 Å². The summed E-state index contributed by atoms with van der Waals surface area (Å²) in [4.78, 5) is 10.5. The van der Waals surface area contributed by atoms with Crippen molar-refractivity contribution in [3.8, 4) is 5.75 Å². The number of anilines is 2. The standard InChI is InChI=1S/C16H18N2O3/c1-21-15-9-5-4-8-14(15)18-13-7-3-2-6-12(13)10-11-17-16(19)20/h2-9,17-18H,10-11H2,1H3,(H,19,20). The topological polar surface area (TPSA) is 70.6 Å². The first kappa shape index (κ1) is 14.7. The summed E-state index contributed by atoms with van der Waals surface area (Å²) in [6, 6.07) is 15.5. The molecule has 0 aromatic heterocycles. The van der Waals surface area contributed by atoms with Crippen molar-refractivity contribution >= 4 is 17.5 Å². The molecule has 0 bridgehead atoms. The fraction of sp³-hybridized carbons (Fsp3) is 0.188. The third kappa shape index (κ3) is 4.14. The van der Waals surface area contributed by atoms with Gasteiger partial charge in [-0.1, -0.05) is 30.3 Å². The van der Waals surface area contributed by atoms with Crippen LogP contribution in [0, 0.1) is 0 Å². The first-order chi connectivity index (χ1) is 10.2. The summed E-state index contributed by atoms with van der Waals surface area (Å²) in [5, 5.41) is 14.3. The molecule has 0 unspecified atom stereocenters. The molecular formula is C16H18N2O3. The van der Waals surface area contributed by atoms with Crippen molar-refractivity contribution in [1.82, 2.24) is 5.32 Å². The molecule has 0 aliphatic rings. The maximum atomic E-state index is 10.5. The minimum atomic E-state index is -1.01. The predicted molar refractivity (Wildman–Crippen MR) is 82.5 cm³/mol. The molecule has 0 spiro atoms. The van der Waals surface area contributed by atoms with Gasteiger partial charge in [-0.2, -0.15) is 0 Å². The van der Waals surface area contributed by atoms with Crippen LogP contribution in [0.4, 0.5) is 16.2 Å². The Balaban J connectivity index is 2.14. The van der Waals surface area contributed by atoms with E-state index in [0.717, 1.165) is 22.7 Å². The van der Waals surface area contributed by atoms with Crippen molar-refractivity contribution in [3.63, 3.8) is 0 Å². The number of carbonyl (C=O) groups is 1. The molecule has 0 saturated carbocycles. The fourth-order valence-electron chi connectivity index (χ4n) is 2.06. The molecule has 1 amide bonds. The molecule has 3 N–H and O–H groups in total. The number of rotatable bonds is 6. The number of ether oxygens (including phenoxy) is 1. The Kier molecular flexibility index (Phi) is 5.04. The fourth-order valence-corrected chi connectivity index (χ4v) is 2.06. The second-order valence-corrected chi connectivity index (χ2v) is 4.46. The van der Waals surface area contributed by atoms with E-state index in [1.807, 2.05) is 48.5 Å². The van der Waals surface area contributed by atoms with Crippen molar-refractivity contribution < 1.29 is 14.6 Å². The molecule has 5 nitrogen and oxygen atoms in total. The van der Waals surface area contributed by atoms with E-state index in [9.17, 15) is 4.79 Å². The molecule has 2 rings (SSSR count). The van der Waals surface area contributed by atoms with E-state index in [1.165, 1.54) is 0 Å². The zero-order valence-electron chi connectivity index (χ0n) is 11.8. The highest BCUT2D eigenvalue weighted by atomic mass is 16.5. The number of hydrogen-bond donors (Lipinski definition) is 3. The summed E-state index contributed by atoms with van der Waals surface area (Å²) >= 11 is 0. The predicted octanol–water partition coefficient (Wildman–Crippen LogP) is 3.25. The average Bonchev–Trinajstić information content (AvgIpc) is 2.49. The lowest BCUT2D eigenvalue weighted by molar-refractivity contribution is 0.194. The van der Waals surface area contributed by atoms with Crippen LogP contribution in [0.5, 0.6) is 5.75 Å². The summed E-state index contributed by atoms with van der Waals surface area (Å²) in [7, 11) is 1.63. The second kappa shape index (κ2) is 7.19. The molecular weight excluding hydrogens is 268 g/mol. The van der Waals surface area contributed by atoms with Gasteiger partial charge in [0.25, 0.3) is 0 Å². The smallest absolute Gasteiger partial charge is 0.404 e. The third-order valence-corrected chi connectivity index (χ3v) is 3.06. The van der Waals surface area contributed by atoms with Crippen LogP contribution < -0.4 is 15.4 Å². The summed E-state index contributed by atoms with van der Waals surface area (Å²) in [6.07, 6.45) is -0.393. The lowest BCUT2D eigenvalue weighted by Gasteiger charge is -2.14. The zero-order valence-corrected chi connectivity index (χ0v) is 11.8. The Morgan fingerprint density at radius 1 is 1.10 bits per heavy atom. The van der Waals surface area contributed by atoms with Crippen LogP contribution in [0.3, 0.4) is 0 Å². The minimum Gasteiger partial charge on any atom is -0.495 e. The molecule has 0 aliphatic carbocycles. The van der Waals surface area contributed by atoms with Gasteiger partial charge in [-0.3, -0.25) is 0 Å². The highest BCUT2D eigenvalue weighted by Crippen LogP contribution is 2.28. The largest absolute Gasteiger partial charge is 0.495 e. The van der Waals surface area contributed by atoms with Crippen LogP contribution >= 0.6 is 0 Å². The first-order valence-electron chi connectivity index (χ1n) is 6.65. The molecule has 110 valence electrons. The molecule has 5 heteroatoms. The number of benzene rings is 2. The van der Waals surface area contributed by atoms with Crippen molar-refractivity contribution in [2.24, 2.45) is 0 Å². The highest BCUT2D eigenvalue weighted by Gasteiger charge is 2.06. The molecule has 0 atom stereocenters. The van der Waals surface area contributed by atoms with Gasteiger partial charge in [-0.05, 0) is 30.2 Å². The molecule has 0 saturated heterocycles. The molecule has 0 fully saturated rings. The van der Waals surface area contributed by atoms with Gasteiger partial charge in [0.15, 0.2) is 0 Å². The molecule has 0 aliphatic heterocycles. The molecule has 0 heterocycles. The SMILES string of the molecule is COc1ccccc1Nc1ccccc1CCNC(=O)O. The van der Waals surface area contributed by atoms with Crippen molar-refractivity contribution in [1.29, 1.82) is 0 Å². The number of methoxy groups -OCH3 is 1. The molecule has 2 aromatic carbocycles. The Labute approximate surface area is 123 Å². The van der Waals surface area contributed by atoms with Gasteiger partial charge >= 0.3 is 6.09 Å². The van der Waals surface area contributed by atoms with Crippen molar-refractivity contribution in [3.05, 3.63) is 54.1 Å². The van der Waals surface area contributed by atoms with Crippen molar-refractivity contribution in [2.45, 2.75) is 6.42 Å². The number of nitrogens with one attached hydrogen (secondary N) is 2. The monoisotopic (exact) mass is 286 g/mol. The highest BCUT2D eigenvalue weighted by molar-refractivity contribution is 5.68. The Bertz CT molecular complexity index is 614. The first-order valence-corrected chi connectivity index (χ1v) is 6.65. The number of carboxylic acid groups (broad SMARTS) is 1. The van der Waals surface area contributed by atoms with Gasteiger partial charge in [0.1, 0.15) is 5.75 Å². The Morgan fingerprint density at radius 2 is 1.76 bits per heavy atom. The van der Waals surface area contributed by atoms with Gasteiger partial charge in [0.2, 0.25) is 0 Å². The van der Waals surface area contributed by atoms with E-state index < -0.39 is 6.09 Å². The zero-order chi connectivity index (χ0) is 15.1. The quantitative estimate of drug-likeness (QED) is 0.762. The molecule has 0 radical (unpaired) electrons. The van der Waals surface area contributed by atoms with E-state index in [0.29, 0.717) is 13.0 Å². The maximum absolute atomic E-state index is 10.5. The number of hydrogen-bond acceptors (Lipinski definition) is 3. The Hall–Kier alpha value is -2.69. The summed E-state index contributed by atoms with van der Waals surface area (Å²) in [5.74, 6) is 0.760. The lowest BCUT2D eigenvalue weighted by atomic mass is 10.1. The van der Waals surface area contributed by atoms with E-state index in [4.69, 9.17) is 9.84 Å². The number of para-hydroxylation sites is 3. The Morgan fingerprint density at radius 3 is 2.48 bits per heavy atom. The summed E-state index contributed by atoms with van der Waals surface area (Å²) in [6.45, 7) is 0.375. The van der Waals surface area contributed by atoms with Crippen LogP contribution in [0.1, 0.15) is 5.56 Å². The minimum absolute atomic E-state index is 0.375. The van der Waals surface area contributed by atoms with Crippen LogP contribution in [-0.2, 0) is 6.42 Å². The van der Waals surface area contributed by atoms with E-state index >= 15 is 0 Å². The van der Waals surface area contributed by atoms with E-state index in [-0.39, 0.29) is 0 Å². The van der Waals surface area contributed by atoms with E-state index in [2.05, 4.69) is 10.6 Å². The summed E-state index contributed by atoms with van der Waals surface area (Å²) < 4.78 is 5.32. The average molecular weight is 286 g/mol. The number of amides is 1. The van der Waals surface area contributed by atoms with Crippen LogP contribution in [0.2, 0.25) is 0 Å². The molecule has 21 heavy (non-hydrogen) atoms. The van der Waals surface area contributed by atoms with Gasteiger partial charge in [0, 0.05) is 12.2 Å². The lowest BCUT2D eigenvalue weighted by Crippen LogP contribution is -2.23. The molecule has 2 aromatic rings. The van der Waals surface area contributed by atoms with Gasteiger partial charge < -0.3 is 20.5 Å². The van der Waals surface area contributed by atoms with Gasteiger partial charge in [-0.25, -0.2) is 4.79 Å². The maximum Gasteiger partial charge on any atom is 0.404 e. The van der Waals surface area contributed by atoms with Gasteiger partial charge in [0.05, 0.1) is 12.8 Å². The normalized spacial score (nSPS) is 9.95. The van der Waals surface area contributed by atoms with Gasteiger partial charge in [-0.15, -0.1) is 0 Å².